The Morgan fingerprint density at radius 3 is 2.62 bits per heavy atom. The predicted octanol–water partition coefficient (Wildman–Crippen LogP) is 4.75. The molecule has 1 amide bonds. The van der Waals surface area contributed by atoms with E-state index in [1.165, 1.54) is 7.11 Å². The van der Waals surface area contributed by atoms with Gasteiger partial charge in [0.1, 0.15) is 5.75 Å². The minimum Gasteiger partial charge on any atom is -0.496 e. The number of carbonyl (C=O) groups is 1. The van der Waals surface area contributed by atoms with E-state index >= 15 is 0 Å². The summed E-state index contributed by atoms with van der Waals surface area (Å²) in [7, 11) is 1.51. The number of aromatic nitrogens is 3. The number of anilines is 1. The van der Waals surface area contributed by atoms with Crippen LogP contribution in [0.1, 0.15) is 16.2 Å². The number of aryl methyl sites for hydroxylation is 1. The third kappa shape index (κ3) is 3.72. The van der Waals surface area contributed by atoms with Crippen molar-refractivity contribution in [3.05, 3.63) is 77.4 Å². The monoisotopic (exact) mass is 408 g/mol. The molecule has 8 heteroatoms. The van der Waals surface area contributed by atoms with E-state index in [1.54, 1.807) is 31.2 Å². The molecule has 0 bridgehead atoms. The zero-order valence-electron chi connectivity index (χ0n) is 15.7. The Labute approximate surface area is 171 Å². The van der Waals surface area contributed by atoms with Gasteiger partial charge in [-0.05, 0) is 30.3 Å². The van der Waals surface area contributed by atoms with Gasteiger partial charge in [-0.1, -0.05) is 28.9 Å². The predicted molar refractivity (Wildman–Crippen MR) is 110 cm³/mol. The van der Waals surface area contributed by atoms with Crippen LogP contribution in [-0.2, 0) is 0 Å². The molecule has 2 heterocycles. The van der Waals surface area contributed by atoms with Crippen LogP contribution < -0.4 is 10.1 Å². The van der Waals surface area contributed by atoms with E-state index in [1.807, 2.05) is 41.2 Å². The fraction of sp³-hybridized carbons (Fsp3) is 0.0952. The van der Waals surface area contributed by atoms with E-state index in [-0.39, 0.29) is 5.91 Å². The SMILES string of the molecule is COc1cc(-n2cccc2)c(Cl)cc1C(=O)Nc1ccccc1-c1noc(C)n1. The van der Waals surface area contributed by atoms with E-state index in [0.29, 0.717) is 45.0 Å². The number of hydrogen-bond donors (Lipinski definition) is 1. The molecule has 146 valence electrons. The number of halogens is 1. The van der Waals surface area contributed by atoms with Crippen LogP contribution >= 0.6 is 11.6 Å². The second-order valence-electron chi connectivity index (χ2n) is 6.23. The fourth-order valence-electron chi connectivity index (χ4n) is 2.97. The van der Waals surface area contributed by atoms with Crippen molar-refractivity contribution < 1.29 is 14.1 Å². The van der Waals surface area contributed by atoms with Crippen LogP contribution in [0.2, 0.25) is 5.02 Å². The zero-order valence-corrected chi connectivity index (χ0v) is 16.5. The maximum absolute atomic E-state index is 13.0. The standard InChI is InChI=1S/C21H17ClN4O3/c1-13-23-20(25-29-13)14-7-3-4-8-17(14)24-21(27)15-11-16(22)18(12-19(15)28-2)26-9-5-6-10-26/h3-12H,1-2H3,(H,24,27). The van der Waals surface area contributed by atoms with E-state index in [9.17, 15) is 4.79 Å². The zero-order chi connectivity index (χ0) is 20.4. The Morgan fingerprint density at radius 1 is 1.17 bits per heavy atom. The summed E-state index contributed by atoms with van der Waals surface area (Å²) in [5.74, 6) is 0.875. The summed E-state index contributed by atoms with van der Waals surface area (Å²) < 4.78 is 12.3. The summed E-state index contributed by atoms with van der Waals surface area (Å²) in [5.41, 5.74) is 2.22. The van der Waals surface area contributed by atoms with E-state index < -0.39 is 0 Å². The topological polar surface area (TPSA) is 82.2 Å². The number of ether oxygens (including phenoxy) is 1. The Balaban J connectivity index is 1.69. The molecule has 0 aliphatic heterocycles. The van der Waals surface area contributed by atoms with E-state index in [4.69, 9.17) is 20.9 Å². The van der Waals surface area contributed by atoms with Gasteiger partial charge in [0.2, 0.25) is 11.7 Å². The second kappa shape index (κ2) is 7.81. The van der Waals surface area contributed by atoms with Gasteiger partial charge in [0, 0.05) is 30.9 Å². The summed E-state index contributed by atoms with van der Waals surface area (Å²) in [4.78, 5) is 17.2. The minimum absolute atomic E-state index is 0.313. The average molecular weight is 409 g/mol. The van der Waals surface area contributed by atoms with Gasteiger partial charge in [0.05, 0.1) is 29.1 Å². The number of para-hydroxylation sites is 1. The highest BCUT2D eigenvalue weighted by molar-refractivity contribution is 6.33. The van der Waals surface area contributed by atoms with Crippen LogP contribution in [0.5, 0.6) is 5.75 Å². The van der Waals surface area contributed by atoms with Crippen molar-refractivity contribution in [2.75, 3.05) is 12.4 Å². The first kappa shape index (κ1) is 18.8. The Hall–Kier alpha value is -3.58. The first-order valence-electron chi connectivity index (χ1n) is 8.79. The molecule has 2 aromatic carbocycles. The lowest BCUT2D eigenvalue weighted by Crippen LogP contribution is -2.14. The molecule has 0 fully saturated rings. The summed E-state index contributed by atoms with van der Waals surface area (Å²) in [6.07, 6.45) is 3.73. The van der Waals surface area contributed by atoms with Crippen LogP contribution in [0.3, 0.4) is 0 Å². The molecular weight excluding hydrogens is 392 g/mol. The highest BCUT2D eigenvalue weighted by Gasteiger charge is 2.19. The number of methoxy groups -OCH3 is 1. The van der Waals surface area contributed by atoms with Gasteiger partial charge in [0.15, 0.2) is 0 Å². The summed E-state index contributed by atoms with van der Waals surface area (Å²) in [6.45, 7) is 1.71. The van der Waals surface area contributed by atoms with Crippen molar-refractivity contribution in [1.29, 1.82) is 0 Å². The summed E-state index contributed by atoms with van der Waals surface area (Å²) in [6, 6.07) is 14.3. The quantitative estimate of drug-likeness (QED) is 0.515. The smallest absolute Gasteiger partial charge is 0.259 e. The van der Waals surface area contributed by atoms with Crippen molar-refractivity contribution in [3.8, 4) is 22.8 Å². The fourth-order valence-corrected chi connectivity index (χ4v) is 3.23. The van der Waals surface area contributed by atoms with Crippen LogP contribution in [0.15, 0.2) is 65.4 Å². The van der Waals surface area contributed by atoms with Gasteiger partial charge in [-0.25, -0.2) is 0 Å². The van der Waals surface area contributed by atoms with Gasteiger partial charge >= 0.3 is 0 Å². The molecular formula is C21H17ClN4O3. The molecule has 0 saturated heterocycles. The molecule has 7 nitrogen and oxygen atoms in total. The first-order valence-corrected chi connectivity index (χ1v) is 9.16. The van der Waals surface area contributed by atoms with Crippen LogP contribution in [-0.4, -0.2) is 27.7 Å². The summed E-state index contributed by atoms with van der Waals surface area (Å²) >= 11 is 6.44. The first-order chi connectivity index (χ1) is 14.1. The lowest BCUT2D eigenvalue weighted by Gasteiger charge is -2.14. The molecule has 0 aliphatic carbocycles. The van der Waals surface area contributed by atoms with Crippen molar-refractivity contribution in [3.63, 3.8) is 0 Å². The number of carbonyl (C=O) groups excluding carboxylic acids is 1. The molecule has 0 saturated carbocycles. The summed E-state index contributed by atoms with van der Waals surface area (Å²) in [5, 5.41) is 7.24. The van der Waals surface area contributed by atoms with Crippen molar-refractivity contribution in [1.82, 2.24) is 14.7 Å². The van der Waals surface area contributed by atoms with E-state index in [0.717, 1.165) is 0 Å². The van der Waals surface area contributed by atoms with Crippen LogP contribution in [0.25, 0.3) is 17.1 Å². The number of nitrogens with one attached hydrogen (secondary N) is 1. The Bertz CT molecular complexity index is 1170. The van der Waals surface area contributed by atoms with Crippen LogP contribution in [0, 0.1) is 6.92 Å². The van der Waals surface area contributed by atoms with Gasteiger partial charge in [-0.15, -0.1) is 0 Å². The Morgan fingerprint density at radius 2 is 1.93 bits per heavy atom. The largest absolute Gasteiger partial charge is 0.496 e. The molecule has 0 atom stereocenters. The maximum Gasteiger partial charge on any atom is 0.259 e. The average Bonchev–Trinajstić information content (AvgIpc) is 3.40. The van der Waals surface area contributed by atoms with Crippen molar-refractivity contribution in [2.24, 2.45) is 0 Å². The molecule has 0 unspecified atom stereocenters. The Kier molecular flexibility index (Phi) is 5.05. The maximum atomic E-state index is 13.0. The molecule has 2 aromatic heterocycles. The lowest BCUT2D eigenvalue weighted by atomic mass is 10.1. The number of benzene rings is 2. The molecule has 4 rings (SSSR count). The van der Waals surface area contributed by atoms with Gasteiger partial charge in [-0.2, -0.15) is 4.98 Å². The van der Waals surface area contributed by atoms with Gasteiger partial charge in [0.25, 0.3) is 5.91 Å². The molecule has 0 aliphatic rings. The lowest BCUT2D eigenvalue weighted by molar-refractivity contribution is 0.102. The van der Waals surface area contributed by atoms with E-state index in [2.05, 4.69) is 15.5 Å². The molecule has 1 N–H and O–H groups in total. The van der Waals surface area contributed by atoms with Crippen molar-refractivity contribution >= 4 is 23.2 Å². The molecule has 4 aromatic rings. The van der Waals surface area contributed by atoms with Crippen LogP contribution in [0.4, 0.5) is 5.69 Å². The van der Waals surface area contributed by atoms with Gasteiger partial charge in [-0.3, -0.25) is 4.79 Å². The highest BCUT2D eigenvalue weighted by atomic mass is 35.5. The normalized spacial score (nSPS) is 10.7. The molecule has 0 radical (unpaired) electrons. The highest BCUT2D eigenvalue weighted by Crippen LogP contribution is 2.32. The minimum atomic E-state index is -0.365. The second-order valence-corrected chi connectivity index (χ2v) is 6.64. The number of rotatable bonds is 5. The number of nitrogens with zero attached hydrogens (tertiary/aromatic N) is 3. The third-order valence-corrected chi connectivity index (χ3v) is 4.64. The number of hydrogen-bond acceptors (Lipinski definition) is 5. The third-order valence-electron chi connectivity index (χ3n) is 4.34. The molecule has 29 heavy (non-hydrogen) atoms. The van der Waals surface area contributed by atoms with Gasteiger partial charge < -0.3 is 19.1 Å². The number of amides is 1. The van der Waals surface area contributed by atoms with Crippen molar-refractivity contribution in [2.45, 2.75) is 6.92 Å². The molecule has 0 spiro atoms.